The molecule has 9 heteroatoms. The van der Waals surface area contributed by atoms with Gasteiger partial charge in [-0.2, -0.15) is 0 Å². The molecule has 0 amide bonds. The van der Waals surface area contributed by atoms with Gasteiger partial charge in [0.05, 0.1) is 34.4 Å². The van der Waals surface area contributed by atoms with Crippen LogP contribution in [0.5, 0.6) is 0 Å². The highest BCUT2D eigenvalue weighted by molar-refractivity contribution is 5.71. The van der Waals surface area contributed by atoms with Crippen LogP contribution in [0.2, 0.25) is 0 Å². The van der Waals surface area contributed by atoms with Crippen molar-refractivity contribution < 1.29 is 42.9 Å². The summed E-state index contributed by atoms with van der Waals surface area (Å²) in [6, 6.07) is 0. The molecule has 0 aromatic heterocycles. The number of quaternary nitrogens is 1. The van der Waals surface area contributed by atoms with Crippen LogP contribution in [0.25, 0.3) is 0 Å². The van der Waals surface area contributed by atoms with E-state index in [1.807, 2.05) is 21.1 Å². The minimum absolute atomic E-state index is 0.173. The Labute approximate surface area is 553 Å². The van der Waals surface area contributed by atoms with Crippen LogP contribution >= 0.6 is 0 Å². The van der Waals surface area contributed by atoms with Crippen LogP contribution in [0.15, 0.2) is 146 Å². The monoisotopic (exact) mass is 1250 g/mol. The van der Waals surface area contributed by atoms with Gasteiger partial charge >= 0.3 is 17.9 Å². The molecule has 0 aliphatic rings. The van der Waals surface area contributed by atoms with Crippen molar-refractivity contribution in [3.8, 4) is 0 Å². The third kappa shape index (κ3) is 70.6. The Morgan fingerprint density at radius 1 is 0.344 bits per heavy atom. The van der Waals surface area contributed by atoms with E-state index in [0.717, 1.165) is 109 Å². The number of carbonyl (C=O) groups is 3. The number of rotatable bonds is 66. The van der Waals surface area contributed by atoms with Crippen LogP contribution in [0, 0.1) is 0 Å². The Hall–Kier alpha value is -4.83. The molecule has 0 spiro atoms. The maximum absolute atomic E-state index is 12.9. The van der Waals surface area contributed by atoms with Gasteiger partial charge in [0.2, 0.25) is 0 Å². The Balaban J connectivity index is 4.23. The van der Waals surface area contributed by atoms with Gasteiger partial charge in [0.1, 0.15) is 13.2 Å². The van der Waals surface area contributed by atoms with E-state index in [-0.39, 0.29) is 38.6 Å². The SMILES string of the molecule is CC/C=C\C/C=C\C/C=C\C/C=C\C/C=C\C/C=C\C/C=C\C/C=C\C/C=C\C/C=C\C/C=C\C/C=C\CCCCC(=O)OC(COC(=O)CCCCCCCCCCCCCCCCCCCCCCCCCCCC)COC(OCC[N+](C)(C)C)C(=O)O. The van der Waals surface area contributed by atoms with Crippen LogP contribution in [-0.2, 0) is 33.3 Å². The summed E-state index contributed by atoms with van der Waals surface area (Å²) in [6.45, 7) is 4.73. The van der Waals surface area contributed by atoms with E-state index < -0.39 is 24.3 Å². The van der Waals surface area contributed by atoms with E-state index in [4.69, 9.17) is 18.9 Å². The molecule has 0 bridgehead atoms. The van der Waals surface area contributed by atoms with Crippen LogP contribution in [0.1, 0.15) is 290 Å². The number of carboxylic acid groups (broad SMARTS) is 1. The smallest absolute Gasteiger partial charge is 0.361 e. The van der Waals surface area contributed by atoms with Gasteiger partial charge in [0.25, 0.3) is 6.29 Å². The summed E-state index contributed by atoms with van der Waals surface area (Å²) in [5.41, 5.74) is 0. The molecule has 2 atom stereocenters. The molecule has 0 fully saturated rings. The topological polar surface area (TPSA) is 108 Å². The zero-order valence-corrected chi connectivity index (χ0v) is 58.5. The first kappa shape index (κ1) is 85.2. The molecule has 0 aromatic rings. The van der Waals surface area contributed by atoms with Crippen molar-refractivity contribution in [3.63, 3.8) is 0 Å². The van der Waals surface area contributed by atoms with Gasteiger partial charge in [-0.3, -0.25) is 9.59 Å². The third-order valence-corrected chi connectivity index (χ3v) is 15.4. The van der Waals surface area contributed by atoms with Crippen molar-refractivity contribution in [3.05, 3.63) is 146 Å². The van der Waals surface area contributed by atoms with E-state index in [2.05, 4.69) is 160 Å². The van der Waals surface area contributed by atoms with Crippen molar-refractivity contribution >= 4 is 17.9 Å². The van der Waals surface area contributed by atoms with Crippen LogP contribution in [-0.4, -0.2) is 87.4 Å². The Morgan fingerprint density at radius 2 is 0.633 bits per heavy atom. The lowest BCUT2D eigenvalue weighted by atomic mass is 10.0. The molecule has 1 N–H and O–H groups in total. The zero-order chi connectivity index (χ0) is 65.4. The number of hydrogen-bond donors (Lipinski definition) is 1. The van der Waals surface area contributed by atoms with Gasteiger partial charge < -0.3 is 28.5 Å². The zero-order valence-electron chi connectivity index (χ0n) is 58.5. The lowest BCUT2D eigenvalue weighted by molar-refractivity contribution is -0.870. The maximum atomic E-state index is 12.9. The molecule has 9 nitrogen and oxygen atoms in total. The second-order valence-electron chi connectivity index (χ2n) is 25.2. The van der Waals surface area contributed by atoms with E-state index in [1.54, 1.807) is 0 Å². The Bertz CT molecular complexity index is 1990. The molecule has 90 heavy (non-hydrogen) atoms. The number of carboxylic acids is 1. The molecule has 2 unspecified atom stereocenters. The summed E-state index contributed by atoms with van der Waals surface area (Å²) in [7, 11) is 5.96. The second-order valence-corrected chi connectivity index (χ2v) is 25.2. The number of nitrogens with zero attached hydrogens (tertiary/aromatic N) is 1. The van der Waals surface area contributed by atoms with Gasteiger partial charge in [-0.15, -0.1) is 0 Å². The van der Waals surface area contributed by atoms with Crippen molar-refractivity contribution in [2.24, 2.45) is 0 Å². The molecular weight excluding hydrogens is 1110 g/mol. The summed E-state index contributed by atoms with van der Waals surface area (Å²) in [5.74, 6) is -2.07. The highest BCUT2D eigenvalue weighted by atomic mass is 16.7. The quantitative estimate of drug-likeness (QED) is 0.0211. The fraction of sp³-hybridized carbons (Fsp3) is 0.667. The average Bonchev–Trinajstić information content (AvgIpc) is 3.65. The number of carbonyl (C=O) groups excluding carboxylic acids is 2. The van der Waals surface area contributed by atoms with E-state index >= 15 is 0 Å². The van der Waals surface area contributed by atoms with Crippen molar-refractivity contribution in [1.29, 1.82) is 0 Å². The van der Waals surface area contributed by atoms with Crippen LogP contribution < -0.4 is 0 Å². The summed E-state index contributed by atoms with van der Waals surface area (Å²) in [5, 5.41) is 9.75. The van der Waals surface area contributed by atoms with Crippen molar-refractivity contribution in [2.75, 3.05) is 47.5 Å². The molecule has 0 heterocycles. The van der Waals surface area contributed by atoms with Gasteiger partial charge in [-0.25, -0.2) is 4.79 Å². The summed E-state index contributed by atoms with van der Waals surface area (Å²) >= 11 is 0. The highest BCUT2D eigenvalue weighted by Crippen LogP contribution is 2.17. The Morgan fingerprint density at radius 3 is 0.944 bits per heavy atom. The van der Waals surface area contributed by atoms with Gasteiger partial charge in [-0.05, 0) is 103 Å². The normalized spacial score (nSPS) is 13.6. The summed E-state index contributed by atoms with van der Waals surface area (Å²) in [6.07, 6.45) is 99.8. The predicted molar refractivity (Wildman–Crippen MR) is 387 cm³/mol. The molecule has 0 aliphatic carbocycles. The van der Waals surface area contributed by atoms with Crippen LogP contribution in [0.3, 0.4) is 0 Å². The van der Waals surface area contributed by atoms with Crippen molar-refractivity contribution in [1.82, 2.24) is 0 Å². The molecule has 0 rings (SSSR count). The number of aliphatic carboxylic acids is 1. The first-order chi connectivity index (χ1) is 44.1. The highest BCUT2D eigenvalue weighted by Gasteiger charge is 2.25. The molecule has 0 radical (unpaired) electrons. The number of unbranched alkanes of at least 4 members (excludes halogenated alkanes) is 27. The van der Waals surface area contributed by atoms with Crippen molar-refractivity contribution in [2.45, 2.75) is 302 Å². The summed E-state index contributed by atoms with van der Waals surface area (Å²) < 4.78 is 22.9. The van der Waals surface area contributed by atoms with E-state index in [1.165, 1.54) is 148 Å². The third-order valence-electron chi connectivity index (χ3n) is 15.4. The molecule has 512 valence electrons. The van der Waals surface area contributed by atoms with Crippen LogP contribution in [0.4, 0.5) is 0 Å². The number of esters is 2. The number of hydrogen-bond acceptors (Lipinski definition) is 7. The molecule has 0 aromatic carbocycles. The molecule has 0 aliphatic heterocycles. The van der Waals surface area contributed by atoms with Gasteiger partial charge in [0.15, 0.2) is 6.10 Å². The van der Waals surface area contributed by atoms with Gasteiger partial charge in [0, 0.05) is 12.8 Å². The minimum atomic E-state index is -1.53. The standard InChI is InChI=1S/C81H135NO8/c1-6-8-10-12-14-16-18-20-22-24-26-28-30-32-34-35-36-37-38-39-40-41-42-43-44-45-46-48-50-52-54-56-58-60-62-64-66-68-70-72-79(84)90-77(76-89-81(80(85)86)87-74-73-82(3,4)5)75-88-78(83)71-69-67-65-63-61-59-57-55-53-51-49-47-33-31-29-27-25-23-21-19-17-15-13-11-9-7-2/h8,10,14,16,20,22,26,28,32,34,36-37,39-40,42-43,45-46,50,52,56,58,62,64,77,81H,6-7,9,11-13,15,17-19,21,23-25,27,29-31,33,35,38,41,44,47-49,51,53-55,57,59-61,63,65-76H2,1-5H3/p+1/b10-8-,16-14-,22-20-,28-26-,34-32-,37-36-,40-39-,43-42-,46-45-,52-50-,58-56-,64-62-. The van der Waals surface area contributed by atoms with E-state index in [0.29, 0.717) is 17.4 Å². The van der Waals surface area contributed by atoms with Gasteiger partial charge in [-0.1, -0.05) is 320 Å². The average molecular weight is 1250 g/mol. The summed E-state index contributed by atoms with van der Waals surface area (Å²) in [4.78, 5) is 37.6. The molecule has 0 saturated carbocycles. The predicted octanol–water partition coefficient (Wildman–Crippen LogP) is 23.1. The number of likely N-dealkylation sites (N-methyl/N-ethyl adjacent to an activating group) is 1. The number of ether oxygens (including phenoxy) is 4. The minimum Gasteiger partial charge on any atom is -0.477 e. The fourth-order valence-electron chi connectivity index (χ4n) is 9.82. The molecular formula is C81H136NO8+. The largest absolute Gasteiger partial charge is 0.477 e. The fourth-order valence-corrected chi connectivity index (χ4v) is 9.82. The number of allylic oxidation sites excluding steroid dienone is 24. The Kier molecular flexibility index (Phi) is 66.3. The first-order valence-electron chi connectivity index (χ1n) is 36.5. The lowest BCUT2D eigenvalue weighted by Crippen LogP contribution is -2.40. The van der Waals surface area contributed by atoms with E-state index in [9.17, 15) is 19.5 Å². The molecule has 0 saturated heterocycles. The maximum Gasteiger partial charge on any atom is 0.361 e. The first-order valence-corrected chi connectivity index (χ1v) is 36.5. The second kappa shape index (κ2) is 70.0. The lowest BCUT2D eigenvalue weighted by Gasteiger charge is -2.25.